The molecule has 3 aromatic rings. The number of nitrogens with zero attached hydrogens (tertiary/aromatic N) is 2. The number of allylic oxidation sites excluding steroid dienone is 1. The van der Waals surface area contributed by atoms with Crippen LogP contribution < -0.4 is 11.1 Å². The predicted octanol–water partition coefficient (Wildman–Crippen LogP) is 6.67. The van der Waals surface area contributed by atoms with Gasteiger partial charge in [-0.1, -0.05) is 30.9 Å². The summed E-state index contributed by atoms with van der Waals surface area (Å²) in [6.45, 7) is 5.75. The Morgan fingerprint density at radius 3 is 2.45 bits per heavy atom. The van der Waals surface area contributed by atoms with Crippen LogP contribution in [0.15, 0.2) is 77.6 Å². The van der Waals surface area contributed by atoms with Gasteiger partial charge in [0.05, 0.1) is 11.3 Å². The van der Waals surface area contributed by atoms with E-state index in [1.54, 1.807) is 31.2 Å². The van der Waals surface area contributed by atoms with Gasteiger partial charge in [-0.15, -0.1) is 0 Å². The van der Waals surface area contributed by atoms with Crippen molar-refractivity contribution in [2.75, 3.05) is 5.32 Å². The zero-order valence-corrected chi connectivity index (χ0v) is 21.2. The Labute approximate surface area is 220 Å². The number of hydrogen-bond acceptors (Lipinski definition) is 5. The van der Waals surface area contributed by atoms with E-state index in [9.17, 15) is 18.0 Å². The third kappa shape index (κ3) is 9.39. The van der Waals surface area contributed by atoms with Gasteiger partial charge in [-0.25, -0.2) is 4.98 Å². The number of aliphatic imine (C=N–C) groups is 1. The van der Waals surface area contributed by atoms with Crippen molar-refractivity contribution in [1.29, 1.82) is 5.41 Å². The molecule has 4 N–H and O–H groups in total. The van der Waals surface area contributed by atoms with E-state index in [1.165, 1.54) is 12.4 Å². The third-order valence-corrected chi connectivity index (χ3v) is 4.92. The van der Waals surface area contributed by atoms with Crippen LogP contribution in [0.5, 0.6) is 0 Å². The number of benzene rings is 2. The zero-order valence-electron chi connectivity index (χ0n) is 21.2. The minimum atomic E-state index is -4.52. The molecule has 0 saturated carbocycles. The van der Waals surface area contributed by atoms with Crippen LogP contribution in [-0.2, 0) is 6.18 Å². The van der Waals surface area contributed by atoms with Crippen LogP contribution in [0.25, 0.3) is 0 Å². The molecule has 196 valence electrons. The molecule has 2 aromatic carbocycles. The summed E-state index contributed by atoms with van der Waals surface area (Å²) >= 11 is 0. The van der Waals surface area contributed by atoms with Gasteiger partial charge in [0.15, 0.2) is 0 Å². The van der Waals surface area contributed by atoms with E-state index in [2.05, 4.69) is 27.1 Å². The molecule has 0 saturated heterocycles. The molecule has 9 heteroatoms. The fraction of sp³-hybridized carbons (Fsp3) is 0.172. The van der Waals surface area contributed by atoms with Gasteiger partial charge in [-0.05, 0) is 80.1 Å². The molecule has 6 nitrogen and oxygen atoms in total. The Hall–Kier alpha value is -4.71. The summed E-state index contributed by atoms with van der Waals surface area (Å²) in [5.74, 6) is 5.30. The molecule has 0 atom stereocenters. The second-order valence-corrected chi connectivity index (χ2v) is 7.99. The Morgan fingerprint density at radius 2 is 1.84 bits per heavy atom. The highest BCUT2D eigenvalue weighted by Gasteiger charge is 2.30. The van der Waals surface area contributed by atoms with Gasteiger partial charge in [0.1, 0.15) is 5.82 Å². The molecule has 0 aliphatic heterocycles. The summed E-state index contributed by atoms with van der Waals surface area (Å²) in [5.41, 5.74) is 8.39. The largest absolute Gasteiger partial charge is 0.416 e. The number of carbonyl (C=O) groups is 1. The van der Waals surface area contributed by atoms with Crippen LogP contribution in [0.2, 0.25) is 0 Å². The first kappa shape index (κ1) is 29.5. The molecule has 1 heterocycles. The SMILES string of the molecule is C/C(C=N)=C/N.CCC=Nc1cc(C#Cc2cccc(C(=O)Nc3cc(C(F)(F)F)ccn3)c2)ccc1C. The van der Waals surface area contributed by atoms with E-state index >= 15 is 0 Å². The number of carbonyl (C=O) groups excluding carboxylic acids is 1. The van der Waals surface area contributed by atoms with Crippen LogP contribution in [0, 0.1) is 24.2 Å². The lowest BCUT2D eigenvalue weighted by Crippen LogP contribution is -2.14. The van der Waals surface area contributed by atoms with Crippen molar-refractivity contribution in [3.8, 4) is 11.8 Å². The number of amides is 1. The van der Waals surface area contributed by atoms with E-state index in [0.717, 1.165) is 47.1 Å². The molecular weight excluding hydrogens is 491 g/mol. The number of alkyl halides is 3. The quantitative estimate of drug-likeness (QED) is 0.259. The minimum Gasteiger partial charge on any atom is -0.404 e. The normalized spacial score (nSPS) is 11.2. The van der Waals surface area contributed by atoms with E-state index in [1.807, 2.05) is 38.3 Å². The minimum absolute atomic E-state index is 0.180. The second kappa shape index (κ2) is 14.1. The predicted molar refractivity (Wildman–Crippen MR) is 146 cm³/mol. The highest BCUT2D eigenvalue weighted by atomic mass is 19.4. The lowest BCUT2D eigenvalue weighted by molar-refractivity contribution is -0.137. The number of rotatable bonds is 5. The van der Waals surface area contributed by atoms with Gasteiger partial charge >= 0.3 is 6.18 Å². The van der Waals surface area contributed by atoms with Gasteiger partial charge < -0.3 is 16.5 Å². The van der Waals surface area contributed by atoms with Crippen LogP contribution in [0.1, 0.15) is 52.9 Å². The van der Waals surface area contributed by atoms with Crippen molar-refractivity contribution in [1.82, 2.24) is 4.98 Å². The van der Waals surface area contributed by atoms with Crippen molar-refractivity contribution in [2.45, 2.75) is 33.4 Å². The maximum atomic E-state index is 12.9. The molecule has 0 radical (unpaired) electrons. The topological polar surface area (TPSA) is 104 Å². The van der Waals surface area contributed by atoms with E-state index < -0.39 is 17.6 Å². The first-order valence-corrected chi connectivity index (χ1v) is 11.6. The Balaban J connectivity index is 0.000000757. The molecule has 3 rings (SSSR count). The number of aryl methyl sites for hydroxylation is 1. The average Bonchev–Trinajstić information content (AvgIpc) is 2.91. The van der Waals surface area contributed by atoms with Gasteiger partial charge in [-0.2, -0.15) is 13.2 Å². The maximum Gasteiger partial charge on any atom is 0.416 e. The van der Waals surface area contributed by atoms with E-state index in [-0.39, 0.29) is 11.4 Å². The first-order valence-electron chi connectivity index (χ1n) is 11.6. The van der Waals surface area contributed by atoms with Crippen molar-refractivity contribution in [3.05, 3.63) is 100 Å². The Morgan fingerprint density at radius 1 is 1.13 bits per heavy atom. The molecule has 0 spiro atoms. The molecule has 1 aromatic heterocycles. The maximum absolute atomic E-state index is 12.9. The van der Waals surface area contributed by atoms with Gasteiger partial charge in [0.25, 0.3) is 5.91 Å². The molecule has 0 fully saturated rings. The van der Waals surface area contributed by atoms with Gasteiger partial charge in [0.2, 0.25) is 0 Å². The van der Waals surface area contributed by atoms with Crippen LogP contribution in [0.3, 0.4) is 0 Å². The summed E-state index contributed by atoms with van der Waals surface area (Å²) in [6.07, 6.45) is 1.75. The smallest absolute Gasteiger partial charge is 0.404 e. The van der Waals surface area contributed by atoms with Crippen molar-refractivity contribution < 1.29 is 18.0 Å². The summed E-state index contributed by atoms with van der Waals surface area (Å²) < 4.78 is 38.6. The zero-order chi connectivity index (χ0) is 28.1. The first-order chi connectivity index (χ1) is 18.1. The number of aromatic nitrogens is 1. The second-order valence-electron chi connectivity index (χ2n) is 7.99. The fourth-order valence-electron chi connectivity index (χ4n) is 2.81. The van der Waals surface area contributed by atoms with Crippen LogP contribution >= 0.6 is 0 Å². The molecular formula is C29H28F3N5O. The van der Waals surface area contributed by atoms with Crippen molar-refractivity contribution >= 4 is 29.8 Å². The Bertz CT molecular complexity index is 1400. The summed E-state index contributed by atoms with van der Waals surface area (Å²) in [5, 5.41) is 8.93. The molecule has 1 amide bonds. The number of hydrogen-bond donors (Lipinski definition) is 3. The number of nitrogens with one attached hydrogen (secondary N) is 2. The third-order valence-electron chi connectivity index (χ3n) is 4.92. The molecule has 0 bridgehead atoms. The number of halogens is 3. The van der Waals surface area contributed by atoms with Gasteiger partial charge in [-0.3, -0.25) is 9.79 Å². The molecule has 0 unspecified atom stereocenters. The van der Waals surface area contributed by atoms with E-state index in [4.69, 9.17) is 11.1 Å². The lowest BCUT2D eigenvalue weighted by Gasteiger charge is -2.09. The standard InChI is InChI=1S/C25H20F3N3O.C4H8N2/c1-3-12-29-22-15-19(8-7-17(22)2)10-9-18-5-4-6-20(14-18)24(32)31-23-16-21(11-13-30-23)25(26,27)28;1-4(2-5)3-6/h4-8,11-16H,3H2,1-2H3,(H,30,31,32);2-3,5H,6H2,1H3/b;4-3-,5-2?. The van der Waals surface area contributed by atoms with Crippen molar-refractivity contribution in [2.24, 2.45) is 10.7 Å². The van der Waals surface area contributed by atoms with E-state index in [0.29, 0.717) is 5.56 Å². The lowest BCUT2D eigenvalue weighted by atomic mass is 10.1. The molecule has 0 aliphatic rings. The average molecular weight is 520 g/mol. The fourth-order valence-corrected chi connectivity index (χ4v) is 2.81. The summed E-state index contributed by atoms with van der Waals surface area (Å²) in [6, 6.07) is 13.9. The highest BCUT2D eigenvalue weighted by Crippen LogP contribution is 2.30. The molecule has 0 aliphatic carbocycles. The monoisotopic (exact) mass is 519 g/mol. The van der Waals surface area contributed by atoms with Crippen LogP contribution in [-0.4, -0.2) is 23.3 Å². The molecule has 38 heavy (non-hydrogen) atoms. The number of anilines is 1. The Kier molecular flexibility index (Phi) is 11.0. The highest BCUT2D eigenvalue weighted by molar-refractivity contribution is 6.04. The summed E-state index contributed by atoms with van der Waals surface area (Å²) in [7, 11) is 0. The number of pyridine rings is 1. The van der Waals surface area contributed by atoms with Crippen LogP contribution in [0.4, 0.5) is 24.7 Å². The van der Waals surface area contributed by atoms with Crippen molar-refractivity contribution in [3.63, 3.8) is 0 Å². The number of nitrogens with two attached hydrogens (primary N) is 1. The van der Waals surface area contributed by atoms with Gasteiger partial charge in [0, 0.05) is 35.3 Å². The summed E-state index contributed by atoms with van der Waals surface area (Å²) in [4.78, 5) is 20.7.